The van der Waals surface area contributed by atoms with Crippen LogP contribution in [-0.4, -0.2) is 36.3 Å². The second kappa shape index (κ2) is 8.91. The molecule has 2 N–H and O–H groups in total. The summed E-state index contributed by atoms with van der Waals surface area (Å²) in [6.07, 6.45) is 0.00633. The molecule has 146 valence electrons. The molecule has 8 nitrogen and oxygen atoms in total. The molecule has 0 aliphatic heterocycles. The largest absolute Gasteiger partial charge is 0.294 e. The molecule has 0 saturated heterocycles. The Kier molecular flexibility index (Phi) is 7.05. The van der Waals surface area contributed by atoms with E-state index in [0.717, 1.165) is 12.1 Å². The van der Waals surface area contributed by atoms with Gasteiger partial charge in [0, 0.05) is 0 Å². The number of aryl methyl sites for hydroxylation is 2. The van der Waals surface area contributed by atoms with Crippen molar-refractivity contribution in [1.29, 1.82) is 0 Å². The van der Waals surface area contributed by atoms with Crippen LogP contribution in [-0.2, 0) is 33.1 Å². The van der Waals surface area contributed by atoms with E-state index in [0.29, 0.717) is 11.4 Å². The first-order valence-electron chi connectivity index (χ1n) is 7.43. The minimum atomic E-state index is -4.52. The van der Waals surface area contributed by atoms with Crippen LogP contribution >= 0.6 is 24.4 Å². The highest BCUT2D eigenvalue weighted by Gasteiger charge is 2.19. The first kappa shape index (κ1) is 22.2. The Morgan fingerprint density at radius 1 is 0.750 bits per heavy atom. The Morgan fingerprint density at radius 2 is 1.11 bits per heavy atom. The van der Waals surface area contributed by atoms with Gasteiger partial charge in [-0.2, -0.15) is 26.8 Å². The van der Waals surface area contributed by atoms with Gasteiger partial charge in [-0.25, -0.2) is 0 Å². The minimum absolute atomic E-state index is 0.00316. The summed E-state index contributed by atoms with van der Waals surface area (Å²) in [5.74, 6) is 0. The van der Waals surface area contributed by atoms with Crippen LogP contribution in [0.1, 0.15) is 11.1 Å². The van der Waals surface area contributed by atoms with Gasteiger partial charge in [-0.3, -0.25) is 9.11 Å². The van der Waals surface area contributed by atoms with E-state index >= 15 is 0 Å². The van der Waals surface area contributed by atoms with Crippen molar-refractivity contribution in [3.8, 4) is 0 Å². The minimum Gasteiger partial charge on any atom is -0.282 e. The number of benzene rings is 2. The number of hydrogen-bond donors (Lipinski definition) is 2. The fourth-order valence-electron chi connectivity index (χ4n) is 2.54. The normalized spacial score (nSPS) is 11.4. The summed E-state index contributed by atoms with van der Waals surface area (Å²) in [5, 5.41) is 4.30. The van der Waals surface area contributed by atoms with Crippen LogP contribution in [0.2, 0.25) is 0 Å². The predicted molar refractivity (Wildman–Crippen MR) is 109 cm³/mol. The lowest BCUT2D eigenvalue weighted by atomic mass is 10.0. The van der Waals surface area contributed by atoms with Crippen molar-refractivity contribution >= 4 is 66.4 Å². The molecule has 0 aliphatic carbocycles. The van der Waals surface area contributed by atoms with Crippen LogP contribution in [0.4, 0.5) is 11.4 Å². The molecule has 0 bridgehead atoms. The molecule has 2 rings (SSSR count). The Balaban J connectivity index is 2.53. The molecule has 0 spiro atoms. The van der Waals surface area contributed by atoms with Gasteiger partial charge in [0.05, 0.1) is 31.5 Å². The molecule has 12 heteroatoms. The van der Waals surface area contributed by atoms with Crippen LogP contribution in [0.3, 0.4) is 0 Å². The van der Waals surface area contributed by atoms with Gasteiger partial charge in [-0.05, 0) is 84.8 Å². The molecule has 0 aromatic heterocycles. The van der Waals surface area contributed by atoms with Crippen LogP contribution < -0.4 is 0 Å². The quantitative estimate of drug-likeness (QED) is 0.368. The third-order valence-corrected chi connectivity index (χ3v) is 5.75. The number of rotatable bonds is 7. The summed E-state index contributed by atoms with van der Waals surface area (Å²) in [6, 6.07) is 7.76. The Morgan fingerprint density at radius 3 is 1.39 bits per heavy atom. The average Bonchev–Trinajstić information content (AvgIpc) is 2.59. The summed E-state index contributed by atoms with van der Waals surface area (Å²) in [5.41, 5.74) is 0.982. The third-order valence-electron chi connectivity index (χ3n) is 3.66. The molecule has 0 saturated carbocycles. The standard InChI is InChI=1S/C16H12N2O6S4/c19-27(20,21)15-5-3-13(17-9-25)7-11(15)1-2-12-8-14(18-10-26)4-6-16(12)28(22,23)24/h3-8H,1-2H2,(H,19,20,21)(H,22,23,24). The van der Waals surface area contributed by atoms with Gasteiger partial charge in [0.25, 0.3) is 20.2 Å². The fourth-order valence-corrected chi connectivity index (χ4v) is 4.22. The predicted octanol–water partition coefficient (Wildman–Crippen LogP) is 3.43. The maximum atomic E-state index is 11.6. The zero-order chi connectivity index (χ0) is 20.9. The van der Waals surface area contributed by atoms with Crippen molar-refractivity contribution in [1.82, 2.24) is 0 Å². The SMILES string of the molecule is O=S(=O)(O)c1ccc(N=C=S)cc1CCc1cc(N=C=S)ccc1S(=O)(=O)O. The zero-order valence-corrected chi connectivity index (χ0v) is 17.2. The molecular weight excluding hydrogens is 444 g/mol. The summed E-state index contributed by atoms with van der Waals surface area (Å²) in [4.78, 5) is 6.82. The highest BCUT2D eigenvalue weighted by Crippen LogP contribution is 2.27. The van der Waals surface area contributed by atoms with E-state index in [4.69, 9.17) is 0 Å². The van der Waals surface area contributed by atoms with Crippen molar-refractivity contribution in [3.63, 3.8) is 0 Å². The van der Waals surface area contributed by atoms with Gasteiger partial charge in [0.2, 0.25) is 0 Å². The van der Waals surface area contributed by atoms with Gasteiger partial charge >= 0.3 is 0 Å². The highest BCUT2D eigenvalue weighted by atomic mass is 32.2. The number of isothiocyanates is 2. The lowest BCUT2D eigenvalue weighted by Gasteiger charge is -2.11. The second-order valence-corrected chi connectivity index (χ2v) is 8.59. The molecule has 0 atom stereocenters. The Hall–Kier alpha value is -2.14. The van der Waals surface area contributed by atoms with Crippen LogP contribution in [0.5, 0.6) is 0 Å². The molecule has 0 aliphatic rings. The highest BCUT2D eigenvalue weighted by molar-refractivity contribution is 7.86. The molecule has 0 unspecified atom stereocenters. The molecule has 0 amide bonds. The number of nitrogens with zero attached hydrogens (tertiary/aromatic N) is 2. The second-order valence-electron chi connectivity index (χ2n) is 5.44. The summed E-state index contributed by atoms with van der Waals surface area (Å²) >= 11 is 9.04. The van der Waals surface area contributed by atoms with Crippen LogP contribution in [0, 0.1) is 0 Å². The van der Waals surface area contributed by atoms with Gasteiger partial charge in [0.1, 0.15) is 0 Å². The number of hydrogen-bond acceptors (Lipinski definition) is 8. The monoisotopic (exact) mass is 456 g/mol. The zero-order valence-electron chi connectivity index (χ0n) is 13.9. The maximum Gasteiger partial charge on any atom is 0.294 e. The van der Waals surface area contributed by atoms with Crippen molar-refractivity contribution in [2.24, 2.45) is 9.98 Å². The summed E-state index contributed by atoms with van der Waals surface area (Å²) in [7, 11) is -9.05. The molecule has 2 aromatic rings. The lowest BCUT2D eigenvalue weighted by Crippen LogP contribution is -2.07. The lowest BCUT2D eigenvalue weighted by molar-refractivity contribution is 0.479. The van der Waals surface area contributed by atoms with Gasteiger partial charge < -0.3 is 0 Å². The van der Waals surface area contributed by atoms with E-state index in [2.05, 4.69) is 44.7 Å². The molecule has 2 aromatic carbocycles. The van der Waals surface area contributed by atoms with Crippen LogP contribution in [0.15, 0.2) is 56.2 Å². The fraction of sp³-hybridized carbons (Fsp3) is 0.125. The van der Waals surface area contributed by atoms with Gasteiger partial charge in [-0.1, -0.05) is 0 Å². The van der Waals surface area contributed by atoms with Crippen molar-refractivity contribution in [2.45, 2.75) is 22.6 Å². The molecule has 0 fully saturated rings. The van der Waals surface area contributed by atoms with Crippen molar-refractivity contribution < 1.29 is 25.9 Å². The molecular formula is C16H12N2O6S4. The van der Waals surface area contributed by atoms with Crippen LogP contribution in [0.25, 0.3) is 0 Å². The third kappa shape index (κ3) is 5.68. The summed E-state index contributed by atoms with van der Waals surface area (Å²) < 4.78 is 65.3. The summed E-state index contributed by atoms with van der Waals surface area (Å²) in [6.45, 7) is 0. The number of thiocarbonyl (C=S) groups is 2. The van der Waals surface area contributed by atoms with Crippen molar-refractivity contribution in [2.75, 3.05) is 0 Å². The first-order valence-corrected chi connectivity index (χ1v) is 11.1. The van der Waals surface area contributed by atoms with E-state index in [1.165, 1.54) is 24.3 Å². The first-order chi connectivity index (χ1) is 13.1. The maximum absolute atomic E-state index is 11.6. The van der Waals surface area contributed by atoms with Gasteiger partial charge in [0.15, 0.2) is 0 Å². The van der Waals surface area contributed by atoms with E-state index in [9.17, 15) is 25.9 Å². The molecule has 28 heavy (non-hydrogen) atoms. The molecule has 0 heterocycles. The van der Waals surface area contributed by atoms with E-state index in [-0.39, 0.29) is 33.8 Å². The smallest absolute Gasteiger partial charge is 0.282 e. The van der Waals surface area contributed by atoms with Crippen molar-refractivity contribution in [3.05, 3.63) is 47.5 Å². The Labute approximate surface area is 172 Å². The number of aliphatic imine (C=N–C) groups is 2. The molecule has 0 radical (unpaired) electrons. The van der Waals surface area contributed by atoms with Gasteiger partial charge in [-0.15, -0.1) is 0 Å². The Bertz CT molecular complexity index is 1130. The van der Waals surface area contributed by atoms with E-state index < -0.39 is 20.2 Å². The van der Waals surface area contributed by atoms with E-state index in [1.807, 2.05) is 0 Å². The van der Waals surface area contributed by atoms with E-state index in [1.54, 1.807) is 0 Å². The topological polar surface area (TPSA) is 133 Å². The average molecular weight is 457 g/mol.